The quantitative estimate of drug-likeness (QED) is 0.566. The summed E-state index contributed by atoms with van der Waals surface area (Å²) in [5.74, 6) is -0.652. The molecule has 0 spiro atoms. The molecule has 0 bridgehead atoms. The van der Waals surface area contributed by atoms with Gasteiger partial charge < -0.3 is 0 Å². The smallest absolute Gasteiger partial charge is 0.233 e. The molecular formula is C12H14F2N3O4S2+. The largest absolute Gasteiger partial charge is 0.469 e. The van der Waals surface area contributed by atoms with E-state index in [2.05, 4.69) is 0 Å². The molecule has 126 valence electrons. The average molecular weight is 366 g/mol. The topological polar surface area (TPSA) is 80.3 Å². The summed E-state index contributed by atoms with van der Waals surface area (Å²) in [6.45, 7) is 1.72. The fourth-order valence-electron chi connectivity index (χ4n) is 2.12. The molecule has 23 heavy (non-hydrogen) atoms. The van der Waals surface area contributed by atoms with E-state index in [1.54, 1.807) is 37.3 Å². The number of benzene rings is 1. The van der Waals surface area contributed by atoms with Crippen LogP contribution in [0.4, 0.5) is 13.7 Å². The van der Waals surface area contributed by atoms with Crippen molar-refractivity contribution in [3.63, 3.8) is 0 Å². The second kappa shape index (κ2) is 6.24. The Bertz CT molecular complexity index is 864. The van der Waals surface area contributed by atoms with Crippen molar-refractivity contribution in [2.45, 2.75) is 20.0 Å². The number of halogens is 2. The number of nitrogens with zero attached hydrogens (tertiary/aromatic N) is 3. The molecule has 0 saturated heterocycles. The van der Waals surface area contributed by atoms with E-state index in [4.69, 9.17) is 0 Å². The lowest BCUT2D eigenvalue weighted by atomic mass is 10.2. The van der Waals surface area contributed by atoms with E-state index >= 15 is 0 Å². The van der Waals surface area contributed by atoms with Crippen molar-refractivity contribution >= 4 is 26.8 Å². The van der Waals surface area contributed by atoms with Crippen LogP contribution >= 0.6 is 0 Å². The molecule has 0 aliphatic rings. The average Bonchev–Trinajstić information content (AvgIpc) is 2.79. The Kier molecular flexibility index (Phi) is 4.71. The minimum Gasteiger partial charge on any atom is -0.233 e. The molecule has 2 aromatic rings. The highest BCUT2D eigenvalue weighted by Gasteiger charge is 2.46. The standard InChI is InChI=1S/C12H14F2N3O4S2/c1-2-15-8-9-16(10-11-6-4-3-5-7-11)12(15)17(22(13,18)19)23(14,20)21/h3-9H,2,10H2,1H3/q+1. The maximum absolute atomic E-state index is 13.4. The Morgan fingerprint density at radius 1 is 1.09 bits per heavy atom. The summed E-state index contributed by atoms with van der Waals surface area (Å²) in [5.41, 5.74) is 0.695. The molecule has 2 rings (SSSR count). The minimum absolute atomic E-state index is 0.0325. The third-order valence-corrected chi connectivity index (χ3v) is 5.22. The highest BCUT2D eigenvalue weighted by atomic mass is 32.3. The van der Waals surface area contributed by atoms with Gasteiger partial charge in [-0.05, 0) is 12.5 Å². The van der Waals surface area contributed by atoms with Crippen LogP contribution in [0.1, 0.15) is 12.5 Å². The monoisotopic (exact) mass is 366 g/mol. The second-order valence-corrected chi connectivity index (χ2v) is 7.19. The molecule has 7 nitrogen and oxygen atoms in total. The molecule has 0 fully saturated rings. The molecule has 0 atom stereocenters. The van der Waals surface area contributed by atoms with Gasteiger partial charge in [-0.2, -0.15) is 16.8 Å². The zero-order valence-electron chi connectivity index (χ0n) is 12.0. The SMILES string of the molecule is CCn1cc[n+](Cc2ccccc2)c1N(S(=O)(=O)F)S(=O)(=O)F. The van der Waals surface area contributed by atoms with Crippen LogP contribution in [0, 0.1) is 0 Å². The maximum atomic E-state index is 13.4. The number of rotatable bonds is 6. The number of aromatic nitrogens is 2. The van der Waals surface area contributed by atoms with Gasteiger partial charge in [-0.3, -0.25) is 0 Å². The predicted octanol–water partition coefficient (Wildman–Crippen LogP) is 1.08. The third kappa shape index (κ3) is 3.85. The van der Waals surface area contributed by atoms with Crippen molar-refractivity contribution in [1.29, 1.82) is 0 Å². The van der Waals surface area contributed by atoms with Crippen molar-refractivity contribution in [1.82, 2.24) is 4.57 Å². The number of imidazole rings is 1. The van der Waals surface area contributed by atoms with Gasteiger partial charge in [0.05, 0.1) is 25.5 Å². The number of hydrogen-bond donors (Lipinski definition) is 0. The number of aryl methyl sites for hydroxylation is 1. The lowest BCUT2D eigenvalue weighted by Gasteiger charge is -2.11. The second-order valence-electron chi connectivity index (χ2n) is 4.58. The molecule has 0 amide bonds. The van der Waals surface area contributed by atoms with E-state index in [0.717, 1.165) is 9.13 Å². The lowest BCUT2D eigenvalue weighted by Crippen LogP contribution is -2.45. The van der Waals surface area contributed by atoms with Crippen molar-refractivity contribution < 1.29 is 29.2 Å². The molecule has 0 saturated carbocycles. The first-order valence-electron chi connectivity index (χ1n) is 6.46. The fourth-order valence-corrected chi connectivity index (χ4v) is 3.78. The Morgan fingerprint density at radius 2 is 1.65 bits per heavy atom. The van der Waals surface area contributed by atoms with Gasteiger partial charge in [-0.15, -0.1) is 0 Å². The van der Waals surface area contributed by atoms with Crippen LogP contribution in [0.2, 0.25) is 0 Å². The summed E-state index contributed by atoms with van der Waals surface area (Å²) in [5, 5.41) is 0. The molecule has 0 N–H and O–H groups in total. The molecular weight excluding hydrogens is 352 g/mol. The Balaban J connectivity index is 2.62. The normalized spacial score (nSPS) is 12.3. The Labute approximate surface area is 133 Å². The molecule has 0 unspecified atom stereocenters. The first-order valence-corrected chi connectivity index (χ1v) is 9.15. The summed E-state index contributed by atoms with van der Waals surface area (Å²) in [6, 6.07) is 8.62. The lowest BCUT2D eigenvalue weighted by molar-refractivity contribution is -0.674. The van der Waals surface area contributed by atoms with Gasteiger partial charge in [0.15, 0.2) is 0 Å². The van der Waals surface area contributed by atoms with Crippen LogP contribution in [0.25, 0.3) is 0 Å². The first kappa shape index (κ1) is 17.3. The summed E-state index contributed by atoms with van der Waals surface area (Å²) >= 11 is 0. The highest BCUT2D eigenvalue weighted by molar-refractivity contribution is 8.05. The van der Waals surface area contributed by atoms with Crippen LogP contribution in [0.15, 0.2) is 42.7 Å². The van der Waals surface area contributed by atoms with Crippen molar-refractivity contribution in [2.24, 2.45) is 0 Å². The van der Waals surface area contributed by atoms with Crippen molar-refractivity contribution in [3.8, 4) is 0 Å². The van der Waals surface area contributed by atoms with E-state index in [1.807, 2.05) is 0 Å². The maximum Gasteiger partial charge on any atom is 0.469 e. The van der Waals surface area contributed by atoms with Gasteiger partial charge in [-0.1, -0.05) is 38.1 Å². The minimum atomic E-state index is -5.86. The van der Waals surface area contributed by atoms with Gasteiger partial charge in [0.25, 0.3) is 0 Å². The number of hydrogen-bond acceptors (Lipinski definition) is 4. The van der Waals surface area contributed by atoms with Crippen LogP contribution in [0.5, 0.6) is 0 Å². The summed E-state index contributed by atoms with van der Waals surface area (Å²) < 4.78 is 72.8. The van der Waals surface area contributed by atoms with E-state index in [0.29, 0.717) is 5.56 Å². The van der Waals surface area contributed by atoms with Crippen molar-refractivity contribution in [2.75, 3.05) is 3.71 Å². The fraction of sp³-hybridized carbons (Fsp3) is 0.250. The third-order valence-electron chi connectivity index (χ3n) is 3.04. The van der Waals surface area contributed by atoms with E-state index in [1.165, 1.54) is 12.4 Å². The summed E-state index contributed by atoms with van der Waals surface area (Å²) in [6.07, 6.45) is 2.68. The molecule has 0 aliphatic carbocycles. The van der Waals surface area contributed by atoms with Crippen LogP contribution in [-0.4, -0.2) is 21.4 Å². The Hall–Kier alpha value is -2.01. The Morgan fingerprint density at radius 3 is 2.13 bits per heavy atom. The van der Waals surface area contributed by atoms with Crippen LogP contribution < -0.4 is 8.28 Å². The molecule has 0 aliphatic heterocycles. The van der Waals surface area contributed by atoms with Gasteiger partial charge in [0.1, 0.15) is 0 Å². The van der Waals surface area contributed by atoms with Crippen LogP contribution in [0.3, 0.4) is 0 Å². The zero-order valence-corrected chi connectivity index (χ0v) is 13.6. The molecule has 1 heterocycles. The van der Waals surface area contributed by atoms with Gasteiger partial charge in [-0.25, -0.2) is 9.13 Å². The number of anilines is 1. The van der Waals surface area contributed by atoms with E-state index < -0.39 is 30.5 Å². The van der Waals surface area contributed by atoms with E-state index in [-0.39, 0.29) is 13.1 Å². The zero-order chi connectivity index (χ0) is 17.3. The van der Waals surface area contributed by atoms with Crippen molar-refractivity contribution in [3.05, 3.63) is 48.3 Å². The van der Waals surface area contributed by atoms with Gasteiger partial charge in [0, 0.05) is 3.71 Å². The molecule has 1 aromatic heterocycles. The first-order chi connectivity index (χ1) is 10.6. The highest BCUT2D eigenvalue weighted by Crippen LogP contribution is 2.21. The summed E-state index contributed by atoms with van der Waals surface area (Å²) in [4.78, 5) is 0. The van der Waals surface area contributed by atoms with Gasteiger partial charge in [0.2, 0.25) is 0 Å². The predicted molar refractivity (Wildman–Crippen MR) is 78.4 cm³/mol. The summed E-state index contributed by atoms with van der Waals surface area (Å²) in [7, 11) is -11.7. The molecule has 0 radical (unpaired) electrons. The molecule has 11 heteroatoms. The van der Waals surface area contributed by atoms with Crippen LogP contribution in [-0.2, 0) is 33.9 Å². The van der Waals surface area contributed by atoms with E-state index in [9.17, 15) is 24.6 Å². The van der Waals surface area contributed by atoms with Gasteiger partial charge >= 0.3 is 26.8 Å². The molecule has 1 aromatic carbocycles.